The minimum absolute atomic E-state index is 0.0170. The van der Waals surface area contributed by atoms with Gasteiger partial charge in [-0.15, -0.1) is 11.6 Å². The maximum Gasteiger partial charge on any atom is 0.111 e. The molecule has 0 rings (SSSR count). The van der Waals surface area contributed by atoms with Crippen molar-refractivity contribution in [2.45, 2.75) is 0 Å². The molecule has 0 aliphatic heterocycles. The summed E-state index contributed by atoms with van der Waals surface area (Å²) in [4.78, 5) is 3.22. The Morgan fingerprint density at radius 3 is 2.50 bits per heavy atom. The van der Waals surface area contributed by atoms with Crippen molar-refractivity contribution in [1.29, 1.82) is 0 Å². The van der Waals surface area contributed by atoms with Gasteiger partial charge in [-0.3, -0.25) is 0 Å². The molecule has 0 atom stereocenters. The third kappa shape index (κ3) is 6.14. The molecule has 50 valence electrons. The highest BCUT2D eigenvalue weighted by atomic mass is 35.5. The maximum atomic E-state index is 10.8. The molecule has 4 heteroatoms. The van der Waals surface area contributed by atoms with E-state index in [0.717, 1.165) is 0 Å². The van der Waals surface area contributed by atoms with Crippen molar-refractivity contribution in [3.8, 4) is 0 Å². The van der Waals surface area contributed by atoms with Gasteiger partial charge in [-0.2, -0.15) is 4.94 Å². The third-order valence-corrected chi connectivity index (χ3v) is 0.681. The molecule has 0 aromatic heterocycles. The van der Waals surface area contributed by atoms with Gasteiger partial charge in [0.25, 0.3) is 0 Å². The normalized spacial score (nSPS) is 9.75. The van der Waals surface area contributed by atoms with E-state index in [4.69, 9.17) is 16.3 Å². The smallest absolute Gasteiger partial charge is 0.111 e. The minimum Gasteiger partial charge on any atom is -0.378 e. The van der Waals surface area contributed by atoms with E-state index in [2.05, 4.69) is 4.94 Å². The van der Waals surface area contributed by atoms with Crippen LogP contribution < -0.4 is 0 Å². The first kappa shape index (κ1) is 8.14. The molecule has 0 saturated heterocycles. The minimum atomic E-state index is -0.0170. The van der Waals surface area contributed by atoms with E-state index in [1.165, 1.54) is 0 Å². The lowest BCUT2D eigenvalue weighted by Crippen LogP contribution is -2.01. The SMILES string of the molecule is FOCCOCCCl. The molecule has 0 aromatic rings. The quantitative estimate of drug-likeness (QED) is 0.424. The molecule has 0 amide bonds. The van der Waals surface area contributed by atoms with Crippen molar-refractivity contribution in [3.05, 3.63) is 0 Å². The Morgan fingerprint density at radius 1 is 1.25 bits per heavy atom. The largest absolute Gasteiger partial charge is 0.378 e. The van der Waals surface area contributed by atoms with Crippen LogP contribution in [0.15, 0.2) is 0 Å². The van der Waals surface area contributed by atoms with Crippen molar-refractivity contribution in [3.63, 3.8) is 0 Å². The second kappa shape index (κ2) is 7.14. The van der Waals surface area contributed by atoms with Gasteiger partial charge in [0.15, 0.2) is 0 Å². The summed E-state index contributed by atoms with van der Waals surface area (Å²) in [6.07, 6.45) is 0. The lowest BCUT2D eigenvalue weighted by molar-refractivity contribution is -0.145. The van der Waals surface area contributed by atoms with E-state index in [9.17, 15) is 4.53 Å². The Hall–Kier alpha value is 0.140. The molecule has 0 saturated carbocycles. The first-order chi connectivity index (χ1) is 3.91. The number of ether oxygens (including phenoxy) is 1. The first-order valence-corrected chi connectivity index (χ1v) is 2.82. The van der Waals surface area contributed by atoms with Crippen LogP contribution in [0.4, 0.5) is 4.53 Å². The number of rotatable bonds is 5. The van der Waals surface area contributed by atoms with Gasteiger partial charge in [-0.25, -0.2) is 0 Å². The van der Waals surface area contributed by atoms with Gasteiger partial charge in [0, 0.05) is 5.88 Å². The Bertz CT molecular complexity index is 39.0. The van der Waals surface area contributed by atoms with Crippen LogP contribution in [-0.2, 0) is 9.68 Å². The van der Waals surface area contributed by atoms with Crippen LogP contribution in [0.25, 0.3) is 0 Å². The zero-order chi connectivity index (χ0) is 6.24. The highest BCUT2D eigenvalue weighted by Gasteiger charge is 1.84. The fourth-order valence-corrected chi connectivity index (χ4v) is 0.356. The summed E-state index contributed by atoms with van der Waals surface area (Å²) in [5.74, 6) is 0.437. The van der Waals surface area contributed by atoms with Gasteiger partial charge in [0.2, 0.25) is 0 Å². The highest BCUT2D eigenvalue weighted by Crippen LogP contribution is 1.79. The molecular formula is C4H8ClFO2. The summed E-state index contributed by atoms with van der Waals surface area (Å²) in [6.45, 7) is 0.699. The van der Waals surface area contributed by atoms with Crippen LogP contribution in [0.2, 0.25) is 0 Å². The summed E-state index contributed by atoms with van der Waals surface area (Å²) < 4.78 is 15.5. The summed E-state index contributed by atoms with van der Waals surface area (Å²) in [5, 5.41) is 0. The molecule has 0 fully saturated rings. The molecular weight excluding hydrogens is 134 g/mol. The van der Waals surface area contributed by atoms with Crippen molar-refractivity contribution in [1.82, 2.24) is 0 Å². The summed E-state index contributed by atoms with van der Waals surface area (Å²) in [5.41, 5.74) is 0. The molecule has 0 bridgehead atoms. The van der Waals surface area contributed by atoms with Gasteiger partial charge >= 0.3 is 0 Å². The molecule has 2 nitrogen and oxygen atoms in total. The monoisotopic (exact) mass is 142 g/mol. The standard InChI is InChI=1S/C4H8ClFO2/c5-1-2-7-3-4-8-6/h1-4H2. The van der Waals surface area contributed by atoms with Crippen LogP contribution in [0.1, 0.15) is 0 Å². The van der Waals surface area contributed by atoms with Gasteiger partial charge in [0.05, 0.1) is 13.2 Å². The molecule has 0 aliphatic rings. The molecule has 8 heavy (non-hydrogen) atoms. The zero-order valence-corrected chi connectivity index (χ0v) is 5.16. The number of halogens is 2. The maximum absolute atomic E-state index is 10.8. The van der Waals surface area contributed by atoms with E-state index >= 15 is 0 Å². The predicted molar refractivity (Wildman–Crippen MR) is 28.6 cm³/mol. The average molecular weight is 143 g/mol. The van der Waals surface area contributed by atoms with Crippen molar-refractivity contribution in [2.24, 2.45) is 0 Å². The van der Waals surface area contributed by atoms with Gasteiger partial charge in [-0.1, -0.05) is 0 Å². The predicted octanol–water partition coefficient (Wildman–Crippen LogP) is 1.14. The van der Waals surface area contributed by atoms with Crippen molar-refractivity contribution >= 4 is 11.6 Å². The van der Waals surface area contributed by atoms with Crippen LogP contribution in [0, 0.1) is 0 Å². The van der Waals surface area contributed by atoms with Gasteiger partial charge < -0.3 is 4.74 Å². The average Bonchev–Trinajstić information content (AvgIpc) is 1.81. The third-order valence-electron chi connectivity index (χ3n) is 0.526. The second-order valence-corrected chi connectivity index (χ2v) is 1.49. The molecule has 0 aliphatic carbocycles. The fourth-order valence-electron chi connectivity index (χ4n) is 0.247. The Labute approximate surface area is 52.4 Å². The lowest BCUT2D eigenvalue weighted by atomic mass is 10.7. The molecule has 0 unspecified atom stereocenters. The number of hydrogen-bond acceptors (Lipinski definition) is 2. The first-order valence-electron chi connectivity index (χ1n) is 2.29. The van der Waals surface area contributed by atoms with E-state index in [1.54, 1.807) is 0 Å². The molecule has 0 aromatic carbocycles. The highest BCUT2D eigenvalue weighted by molar-refractivity contribution is 6.17. The zero-order valence-electron chi connectivity index (χ0n) is 4.40. The van der Waals surface area contributed by atoms with Crippen LogP contribution >= 0.6 is 11.6 Å². The molecule has 0 radical (unpaired) electrons. The topological polar surface area (TPSA) is 18.5 Å². The summed E-state index contributed by atoms with van der Waals surface area (Å²) in [6, 6.07) is 0. The summed E-state index contributed by atoms with van der Waals surface area (Å²) >= 11 is 5.22. The van der Waals surface area contributed by atoms with E-state index in [0.29, 0.717) is 12.5 Å². The van der Waals surface area contributed by atoms with Crippen molar-refractivity contribution < 1.29 is 14.2 Å². The van der Waals surface area contributed by atoms with E-state index in [1.807, 2.05) is 0 Å². The molecule has 0 spiro atoms. The lowest BCUT2D eigenvalue weighted by Gasteiger charge is -1.95. The second-order valence-electron chi connectivity index (χ2n) is 1.11. The Balaban J connectivity index is 2.53. The van der Waals surface area contributed by atoms with Gasteiger partial charge in [0.1, 0.15) is 6.61 Å². The van der Waals surface area contributed by atoms with Crippen LogP contribution in [0.3, 0.4) is 0 Å². The van der Waals surface area contributed by atoms with Crippen molar-refractivity contribution in [2.75, 3.05) is 25.7 Å². The summed E-state index contributed by atoms with van der Waals surface area (Å²) in [7, 11) is 0. The fraction of sp³-hybridized carbons (Fsp3) is 1.00. The number of alkyl halides is 1. The van der Waals surface area contributed by atoms with E-state index in [-0.39, 0.29) is 13.2 Å². The van der Waals surface area contributed by atoms with Crippen LogP contribution in [0.5, 0.6) is 0 Å². The Kier molecular flexibility index (Phi) is 7.26. The van der Waals surface area contributed by atoms with Crippen LogP contribution in [-0.4, -0.2) is 25.7 Å². The van der Waals surface area contributed by atoms with E-state index < -0.39 is 0 Å². The number of hydrogen-bond donors (Lipinski definition) is 0. The Morgan fingerprint density at radius 2 is 2.00 bits per heavy atom. The van der Waals surface area contributed by atoms with Gasteiger partial charge in [-0.05, 0) is 4.53 Å². The molecule has 0 N–H and O–H groups in total. The molecule has 0 heterocycles.